The van der Waals surface area contributed by atoms with Gasteiger partial charge in [0.15, 0.2) is 11.5 Å². The SMILES string of the molecule is C1=CC2Oc3cccc4c3N(c3cc(-c5ccc(-n6c7ccccc7c7ccccc76)cc5)cc5c3B4c3cccc4c3N5c3ccccc3O4)C2C=C1. The Kier molecular flexibility index (Phi) is 5.50. The molecule has 0 saturated heterocycles. The van der Waals surface area contributed by atoms with E-state index in [1.54, 1.807) is 0 Å². The molecule has 0 radical (unpaired) electrons. The van der Waals surface area contributed by atoms with Crippen molar-refractivity contribution in [2.75, 3.05) is 9.80 Å². The molecule has 5 nitrogen and oxygen atoms in total. The normalized spacial score (nSPS) is 17.7. The second-order valence-corrected chi connectivity index (χ2v) is 14.8. The van der Waals surface area contributed by atoms with Gasteiger partial charge in [-0.05, 0) is 94.3 Å². The van der Waals surface area contributed by atoms with Crippen LogP contribution in [0.15, 0.2) is 170 Å². The monoisotopic (exact) mass is 691 g/mol. The molecule has 8 aromatic rings. The second-order valence-electron chi connectivity index (χ2n) is 14.8. The van der Waals surface area contributed by atoms with Crippen molar-refractivity contribution in [3.05, 3.63) is 170 Å². The molecule has 1 aliphatic carbocycles. The maximum absolute atomic E-state index is 6.76. The van der Waals surface area contributed by atoms with Crippen molar-refractivity contribution in [3.8, 4) is 34.1 Å². The molecule has 0 spiro atoms. The third-order valence-electron chi connectivity index (χ3n) is 12.1. The van der Waals surface area contributed by atoms with E-state index in [1.807, 2.05) is 0 Å². The highest BCUT2D eigenvalue weighted by Gasteiger charge is 2.49. The van der Waals surface area contributed by atoms with Gasteiger partial charge in [-0.3, -0.25) is 0 Å². The molecule has 7 aromatic carbocycles. The van der Waals surface area contributed by atoms with E-state index >= 15 is 0 Å². The molecule has 2 atom stereocenters. The average Bonchev–Trinajstić information content (AvgIpc) is 3.57. The summed E-state index contributed by atoms with van der Waals surface area (Å²) in [5.41, 5.74) is 15.4. The lowest BCUT2D eigenvalue weighted by atomic mass is 9.33. The summed E-state index contributed by atoms with van der Waals surface area (Å²) in [7, 11) is 0. The van der Waals surface area contributed by atoms with E-state index in [0.29, 0.717) is 0 Å². The van der Waals surface area contributed by atoms with E-state index in [-0.39, 0.29) is 18.9 Å². The summed E-state index contributed by atoms with van der Waals surface area (Å²) in [6.07, 6.45) is 8.66. The minimum absolute atomic E-state index is 0.0104. The van der Waals surface area contributed by atoms with Crippen LogP contribution in [0.3, 0.4) is 0 Å². The number of aromatic nitrogens is 1. The molecule has 54 heavy (non-hydrogen) atoms. The number of para-hydroxylation sites is 6. The Balaban J connectivity index is 1.07. The van der Waals surface area contributed by atoms with Gasteiger partial charge in [0, 0.05) is 27.8 Å². The van der Waals surface area contributed by atoms with Crippen molar-refractivity contribution in [2.45, 2.75) is 12.1 Å². The molecule has 6 heteroatoms. The first kappa shape index (κ1) is 28.6. The largest absolute Gasteiger partial charge is 0.482 e. The zero-order chi connectivity index (χ0) is 35.1. The standard InChI is InChI=1S/C48H30BN3O2/c1-3-15-36-32(11-1)33-12-2-4-16-37(33)50(36)31-25-23-29(24-26-31)30-27-40-46-41(28-30)52-39-18-6-8-20-43(39)54-45-22-10-14-35(48(45)52)49(46)34-13-9-21-44-47(34)51(40)38-17-5-7-19-42(38)53-44/h1-28,38,42H. The topological polar surface area (TPSA) is 29.9 Å². The highest BCUT2D eigenvalue weighted by molar-refractivity contribution is 7.00. The highest BCUT2D eigenvalue weighted by atomic mass is 16.5. The van der Waals surface area contributed by atoms with Crippen molar-refractivity contribution < 1.29 is 9.47 Å². The first-order valence-electron chi connectivity index (χ1n) is 18.7. The predicted molar refractivity (Wildman–Crippen MR) is 221 cm³/mol. The summed E-state index contributed by atoms with van der Waals surface area (Å²) in [5.74, 6) is 2.67. The molecule has 4 aliphatic heterocycles. The van der Waals surface area contributed by atoms with E-state index in [1.165, 1.54) is 60.7 Å². The number of nitrogens with zero attached hydrogens (tertiary/aromatic N) is 3. The fourth-order valence-corrected chi connectivity index (χ4v) is 9.88. The van der Waals surface area contributed by atoms with Crippen LogP contribution in [0, 0.1) is 0 Å². The molecule has 0 fully saturated rings. The maximum Gasteiger partial charge on any atom is 0.252 e. The van der Waals surface area contributed by atoms with Crippen LogP contribution in [0.5, 0.6) is 17.2 Å². The Labute approximate surface area is 312 Å². The van der Waals surface area contributed by atoms with Crippen molar-refractivity contribution in [3.63, 3.8) is 0 Å². The Morgan fingerprint density at radius 1 is 0.519 bits per heavy atom. The van der Waals surface area contributed by atoms with E-state index in [4.69, 9.17) is 9.47 Å². The molecule has 0 N–H and O–H groups in total. The summed E-state index contributed by atoms with van der Waals surface area (Å²) in [5, 5.41) is 2.53. The number of hydrogen-bond donors (Lipinski definition) is 0. The van der Waals surface area contributed by atoms with Gasteiger partial charge < -0.3 is 23.8 Å². The van der Waals surface area contributed by atoms with Crippen LogP contribution in [0.1, 0.15) is 0 Å². The zero-order valence-electron chi connectivity index (χ0n) is 29.1. The molecule has 0 amide bonds. The fraction of sp³-hybridized carbons (Fsp3) is 0.0417. The van der Waals surface area contributed by atoms with Crippen molar-refractivity contribution in [2.24, 2.45) is 0 Å². The van der Waals surface area contributed by atoms with Crippen LogP contribution < -0.4 is 35.7 Å². The number of anilines is 5. The summed E-state index contributed by atoms with van der Waals surface area (Å²) in [4.78, 5) is 5.02. The Hall–Kier alpha value is -6.92. The van der Waals surface area contributed by atoms with Gasteiger partial charge in [0.25, 0.3) is 6.71 Å². The molecule has 1 aromatic heterocycles. The molecule has 2 unspecified atom stereocenters. The van der Waals surface area contributed by atoms with Crippen molar-refractivity contribution >= 4 is 73.3 Å². The first-order valence-corrected chi connectivity index (χ1v) is 18.7. The van der Waals surface area contributed by atoms with E-state index < -0.39 is 0 Å². The number of allylic oxidation sites excluding steroid dienone is 2. The van der Waals surface area contributed by atoms with Crippen LogP contribution in [0.2, 0.25) is 0 Å². The number of fused-ring (bicyclic) bond motifs is 11. The third kappa shape index (κ3) is 3.64. The molecule has 0 bridgehead atoms. The van der Waals surface area contributed by atoms with Gasteiger partial charge >= 0.3 is 0 Å². The molecule has 5 heterocycles. The predicted octanol–water partition coefficient (Wildman–Crippen LogP) is 9.56. The highest BCUT2D eigenvalue weighted by Crippen LogP contribution is 2.54. The van der Waals surface area contributed by atoms with Crippen molar-refractivity contribution in [1.29, 1.82) is 0 Å². The fourth-order valence-electron chi connectivity index (χ4n) is 9.88. The van der Waals surface area contributed by atoms with E-state index in [9.17, 15) is 0 Å². The maximum atomic E-state index is 6.76. The van der Waals surface area contributed by atoms with Crippen LogP contribution >= 0.6 is 0 Å². The minimum Gasteiger partial charge on any atom is -0.482 e. The van der Waals surface area contributed by atoms with E-state index in [0.717, 1.165) is 40.0 Å². The Bertz CT molecular complexity index is 2940. The Morgan fingerprint density at radius 2 is 1.19 bits per heavy atom. The van der Waals surface area contributed by atoms with Crippen LogP contribution in [0.25, 0.3) is 38.6 Å². The second kappa shape index (κ2) is 10.4. The number of hydrogen-bond acceptors (Lipinski definition) is 4. The van der Waals surface area contributed by atoms with Crippen LogP contribution in [-0.4, -0.2) is 23.4 Å². The number of ether oxygens (including phenoxy) is 2. The third-order valence-corrected chi connectivity index (χ3v) is 12.1. The lowest BCUT2D eigenvalue weighted by Crippen LogP contribution is -2.64. The quantitative estimate of drug-likeness (QED) is 0.169. The average molecular weight is 692 g/mol. The molecular weight excluding hydrogens is 661 g/mol. The summed E-state index contributed by atoms with van der Waals surface area (Å²) < 4.78 is 15.8. The lowest BCUT2D eigenvalue weighted by molar-refractivity contribution is 0.218. The summed E-state index contributed by atoms with van der Waals surface area (Å²) >= 11 is 0. The molecule has 13 rings (SSSR count). The summed E-state index contributed by atoms with van der Waals surface area (Å²) in [6.45, 7) is 0.0104. The lowest BCUT2D eigenvalue weighted by Gasteiger charge is -2.50. The van der Waals surface area contributed by atoms with Gasteiger partial charge in [-0.25, -0.2) is 0 Å². The molecular formula is C48H30BN3O2. The minimum atomic E-state index is -0.0919. The molecule has 252 valence electrons. The van der Waals surface area contributed by atoms with Gasteiger partial charge in [0.2, 0.25) is 0 Å². The van der Waals surface area contributed by atoms with Gasteiger partial charge in [0.05, 0.1) is 34.1 Å². The number of benzene rings is 7. The van der Waals surface area contributed by atoms with Gasteiger partial charge in [-0.2, -0.15) is 0 Å². The number of rotatable bonds is 2. The van der Waals surface area contributed by atoms with E-state index in [2.05, 4.69) is 184 Å². The van der Waals surface area contributed by atoms with Crippen molar-refractivity contribution in [1.82, 2.24) is 4.57 Å². The first-order chi connectivity index (χ1) is 26.8. The molecule has 5 aliphatic rings. The van der Waals surface area contributed by atoms with Crippen LogP contribution in [0.4, 0.5) is 28.4 Å². The summed E-state index contributed by atoms with van der Waals surface area (Å²) in [6, 6.07) is 52.9. The van der Waals surface area contributed by atoms with Gasteiger partial charge in [0.1, 0.15) is 11.9 Å². The zero-order valence-corrected chi connectivity index (χ0v) is 29.1. The molecule has 0 saturated carbocycles. The van der Waals surface area contributed by atoms with Gasteiger partial charge in [-0.15, -0.1) is 0 Å². The van der Waals surface area contributed by atoms with Gasteiger partial charge in [-0.1, -0.05) is 103 Å². The smallest absolute Gasteiger partial charge is 0.252 e. The Morgan fingerprint density at radius 3 is 2.00 bits per heavy atom. The van der Waals surface area contributed by atoms with Crippen LogP contribution in [-0.2, 0) is 0 Å².